The van der Waals surface area contributed by atoms with Gasteiger partial charge in [0.1, 0.15) is 0 Å². The Balaban J connectivity index is 2.96. The molecule has 1 rings (SSSR count). The molecule has 0 fully saturated rings. The normalized spacial score (nSPS) is 15.3. The SMILES string of the molecule is CCCC(C)C(=O)NC(C)(C(=O)O)c1ccccc1. The van der Waals surface area contributed by atoms with Gasteiger partial charge < -0.3 is 10.4 Å². The molecule has 0 heterocycles. The summed E-state index contributed by atoms with van der Waals surface area (Å²) in [6.07, 6.45) is 1.64. The van der Waals surface area contributed by atoms with E-state index in [0.29, 0.717) is 5.56 Å². The monoisotopic (exact) mass is 263 g/mol. The summed E-state index contributed by atoms with van der Waals surface area (Å²) in [5.74, 6) is -1.47. The standard InChI is InChI=1S/C15H21NO3/c1-4-8-11(2)13(17)16-15(3,14(18)19)12-9-6-5-7-10-12/h5-7,9-11H,4,8H2,1-3H3,(H,16,17)(H,18,19). The highest BCUT2D eigenvalue weighted by atomic mass is 16.4. The molecule has 1 aromatic carbocycles. The molecular weight excluding hydrogens is 242 g/mol. The molecule has 2 atom stereocenters. The summed E-state index contributed by atoms with van der Waals surface area (Å²) in [6, 6.07) is 8.75. The molecule has 1 amide bonds. The molecule has 19 heavy (non-hydrogen) atoms. The third-order valence-corrected chi connectivity index (χ3v) is 3.32. The van der Waals surface area contributed by atoms with Crippen LogP contribution in [0.5, 0.6) is 0 Å². The van der Waals surface area contributed by atoms with Crippen LogP contribution in [0, 0.1) is 5.92 Å². The number of rotatable bonds is 6. The second kappa shape index (κ2) is 6.36. The molecule has 1 aromatic rings. The number of carbonyl (C=O) groups is 2. The maximum Gasteiger partial charge on any atom is 0.333 e. The van der Waals surface area contributed by atoms with Crippen molar-refractivity contribution in [3.05, 3.63) is 35.9 Å². The minimum absolute atomic E-state index is 0.188. The molecule has 4 nitrogen and oxygen atoms in total. The predicted octanol–water partition coefficient (Wildman–Crippen LogP) is 2.54. The Hall–Kier alpha value is -1.84. The van der Waals surface area contributed by atoms with Crippen molar-refractivity contribution >= 4 is 11.9 Å². The van der Waals surface area contributed by atoms with Gasteiger partial charge >= 0.3 is 5.97 Å². The van der Waals surface area contributed by atoms with Gasteiger partial charge in [-0.3, -0.25) is 4.79 Å². The van der Waals surface area contributed by atoms with E-state index in [1.165, 1.54) is 6.92 Å². The first kappa shape index (κ1) is 15.2. The lowest BCUT2D eigenvalue weighted by Gasteiger charge is -2.28. The number of hydrogen-bond acceptors (Lipinski definition) is 2. The Morgan fingerprint density at radius 1 is 1.32 bits per heavy atom. The van der Waals surface area contributed by atoms with Gasteiger partial charge in [-0.05, 0) is 18.9 Å². The zero-order valence-electron chi connectivity index (χ0n) is 11.6. The van der Waals surface area contributed by atoms with E-state index in [-0.39, 0.29) is 11.8 Å². The van der Waals surface area contributed by atoms with Crippen molar-refractivity contribution in [2.75, 3.05) is 0 Å². The molecule has 104 valence electrons. The van der Waals surface area contributed by atoms with Crippen LogP contribution in [-0.4, -0.2) is 17.0 Å². The van der Waals surface area contributed by atoms with E-state index in [1.807, 2.05) is 19.9 Å². The average molecular weight is 263 g/mol. The zero-order valence-corrected chi connectivity index (χ0v) is 11.6. The van der Waals surface area contributed by atoms with Gasteiger partial charge in [0.25, 0.3) is 0 Å². The molecule has 0 spiro atoms. The van der Waals surface area contributed by atoms with Crippen molar-refractivity contribution in [1.29, 1.82) is 0 Å². The fourth-order valence-electron chi connectivity index (χ4n) is 1.95. The van der Waals surface area contributed by atoms with Crippen LogP contribution in [0.25, 0.3) is 0 Å². The van der Waals surface area contributed by atoms with Crippen molar-refractivity contribution in [1.82, 2.24) is 5.32 Å². The summed E-state index contributed by atoms with van der Waals surface area (Å²) in [5.41, 5.74) is -0.820. The first-order valence-corrected chi connectivity index (χ1v) is 6.52. The van der Waals surface area contributed by atoms with Gasteiger partial charge in [-0.15, -0.1) is 0 Å². The number of carboxylic acid groups (broad SMARTS) is 1. The Morgan fingerprint density at radius 3 is 2.37 bits per heavy atom. The van der Waals surface area contributed by atoms with Crippen LogP contribution < -0.4 is 5.32 Å². The summed E-state index contributed by atoms with van der Waals surface area (Å²) in [5, 5.41) is 12.1. The topological polar surface area (TPSA) is 66.4 Å². The van der Waals surface area contributed by atoms with E-state index in [1.54, 1.807) is 24.3 Å². The van der Waals surface area contributed by atoms with Gasteiger partial charge in [-0.2, -0.15) is 0 Å². The summed E-state index contributed by atoms with van der Waals surface area (Å²) < 4.78 is 0. The van der Waals surface area contributed by atoms with Crippen LogP contribution in [0.4, 0.5) is 0 Å². The summed E-state index contributed by atoms with van der Waals surface area (Å²) in [7, 11) is 0. The molecule has 0 saturated carbocycles. The Labute approximate surface area is 113 Å². The first-order valence-electron chi connectivity index (χ1n) is 6.52. The van der Waals surface area contributed by atoms with Gasteiger partial charge in [-0.25, -0.2) is 4.79 Å². The van der Waals surface area contributed by atoms with Gasteiger partial charge in [0.05, 0.1) is 0 Å². The molecule has 0 aromatic heterocycles. The fraction of sp³-hybridized carbons (Fsp3) is 0.467. The second-order valence-corrected chi connectivity index (χ2v) is 4.98. The van der Waals surface area contributed by atoms with Crippen molar-refractivity contribution in [2.45, 2.75) is 39.2 Å². The lowest BCUT2D eigenvalue weighted by Crippen LogP contribution is -2.51. The van der Waals surface area contributed by atoms with E-state index in [4.69, 9.17) is 0 Å². The molecule has 2 unspecified atom stereocenters. The summed E-state index contributed by atoms with van der Waals surface area (Å²) in [4.78, 5) is 23.6. The molecule has 0 aliphatic rings. The minimum Gasteiger partial charge on any atom is -0.479 e. The lowest BCUT2D eigenvalue weighted by atomic mass is 9.91. The number of aliphatic carboxylic acids is 1. The minimum atomic E-state index is -1.39. The molecule has 0 radical (unpaired) electrons. The van der Waals surface area contributed by atoms with Crippen LogP contribution >= 0.6 is 0 Å². The molecular formula is C15H21NO3. The zero-order chi connectivity index (χ0) is 14.5. The van der Waals surface area contributed by atoms with Gasteiger partial charge in [0, 0.05) is 5.92 Å². The largest absolute Gasteiger partial charge is 0.479 e. The molecule has 0 saturated heterocycles. The number of carbonyl (C=O) groups excluding carboxylic acids is 1. The fourth-order valence-corrected chi connectivity index (χ4v) is 1.95. The van der Waals surface area contributed by atoms with Crippen molar-refractivity contribution in [3.8, 4) is 0 Å². The van der Waals surface area contributed by atoms with E-state index in [0.717, 1.165) is 12.8 Å². The summed E-state index contributed by atoms with van der Waals surface area (Å²) >= 11 is 0. The number of nitrogens with one attached hydrogen (secondary N) is 1. The highest BCUT2D eigenvalue weighted by Crippen LogP contribution is 2.22. The van der Waals surface area contributed by atoms with Crippen LogP contribution in [0.1, 0.15) is 39.2 Å². The maximum atomic E-state index is 12.1. The highest BCUT2D eigenvalue weighted by Gasteiger charge is 2.37. The number of carboxylic acids is 1. The Kier molecular flexibility index (Phi) is 5.10. The predicted molar refractivity (Wildman–Crippen MR) is 73.6 cm³/mol. The van der Waals surface area contributed by atoms with Crippen molar-refractivity contribution in [3.63, 3.8) is 0 Å². The average Bonchev–Trinajstić information content (AvgIpc) is 2.39. The van der Waals surface area contributed by atoms with Crippen LogP contribution in [0.15, 0.2) is 30.3 Å². The van der Waals surface area contributed by atoms with Crippen LogP contribution in [0.2, 0.25) is 0 Å². The highest BCUT2D eigenvalue weighted by molar-refractivity contribution is 5.88. The molecule has 0 aliphatic heterocycles. The van der Waals surface area contributed by atoms with Crippen molar-refractivity contribution < 1.29 is 14.7 Å². The second-order valence-electron chi connectivity index (χ2n) is 4.98. The van der Waals surface area contributed by atoms with Gasteiger partial charge in [0.15, 0.2) is 5.54 Å². The first-order chi connectivity index (χ1) is 8.91. The van der Waals surface area contributed by atoms with Gasteiger partial charge in [0.2, 0.25) is 5.91 Å². The van der Waals surface area contributed by atoms with Crippen LogP contribution in [0.3, 0.4) is 0 Å². The quantitative estimate of drug-likeness (QED) is 0.828. The maximum absolute atomic E-state index is 12.1. The third kappa shape index (κ3) is 3.56. The van der Waals surface area contributed by atoms with E-state index in [9.17, 15) is 14.7 Å². The number of benzene rings is 1. The van der Waals surface area contributed by atoms with E-state index >= 15 is 0 Å². The molecule has 0 bridgehead atoms. The van der Waals surface area contributed by atoms with Crippen LogP contribution in [-0.2, 0) is 15.1 Å². The molecule has 2 N–H and O–H groups in total. The van der Waals surface area contributed by atoms with Crippen molar-refractivity contribution in [2.24, 2.45) is 5.92 Å². The number of amides is 1. The number of hydrogen-bond donors (Lipinski definition) is 2. The Bertz CT molecular complexity index is 444. The smallest absolute Gasteiger partial charge is 0.333 e. The van der Waals surface area contributed by atoms with Gasteiger partial charge in [-0.1, -0.05) is 50.6 Å². The van der Waals surface area contributed by atoms with E-state index < -0.39 is 11.5 Å². The molecule has 0 aliphatic carbocycles. The summed E-state index contributed by atoms with van der Waals surface area (Å²) in [6.45, 7) is 5.32. The molecule has 4 heteroatoms. The van der Waals surface area contributed by atoms with E-state index in [2.05, 4.69) is 5.32 Å². The lowest BCUT2D eigenvalue weighted by molar-refractivity contribution is -0.148. The Morgan fingerprint density at radius 2 is 1.89 bits per heavy atom. The third-order valence-electron chi connectivity index (χ3n) is 3.32.